The molecule has 0 aliphatic rings. The molecule has 0 saturated heterocycles. The number of methoxy groups -OCH3 is 3. The van der Waals surface area contributed by atoms with Gasteiger partial charge in [-0.25, -0.2) is 4.98 Å². The maximum absolute atomic E-state index is 13.4. The molecule has 0 spiro atoms. The van der Waals surface area contributed by atoms with E-state index in [9.17, 15) is 9.59 Å². The molecule has 0 aliphatic heterocycles. The van der Waals surface area contributed by atoms with Gasteiger partial charge in [0.15, 0.2) is 0 Å². The van der Waals surface area contributed by atoms with Crippen LogP contribution in [0.5, 0.6) is 17.6 Å². The highest BCUT2D eigenvalue weighted by molar-refractivity contribution is 5.95. The molecule has 1 aromatic carbocycles. The highest BCUT2D eigenvalue weighted by Crippen LogP contribution is 2.21. The third-order valence-corrected chi connectivity index (χ3v) is 5.55. The van der Waals surface area contributed by atoms with Crippen LogP contribution >= 0.6 is 0 Å². The average Bonchev–Trinajstić information content (AvgIpc) is 2.91. The molecule has 2 amide bonds. The molecule has 2 aromatic heterocycles. The Hall–Kier alpha value is -4.14. The van der Waals surface area contributed by atoms with Crippen LogP contribution in [-0.2, 0) is 6.42 Å². The molecule has 2 heterocycles. The van der Waals surface area contributed by atoms with E-state index in [4.69, 9.17) is 14.2 Å². The number of amides is 2. The number of nitrogens with zero attached hydrogens (tertiary/aromatic N) is 3. The van der Waals surface area contributed by atoms with E-state index in [0.29, 0.717) is 42.6 Å². The molecule has 184 valence electrons. The van der Waals surface area contributed by atoms with Gasteiger partial charge in [0.1, 0.15) is 5.69 Å². The summed E-state index contributed by atoms with van der Waals surface area (Å²) in [5.74, 6) is 0.441. The number of pyridine rings is 2. The molecule has 3 aromatic rings. The molecule has 9 nitrogen and oxygen atoms in total. The summed E-state index contributed by atoms with van der Waals surface area (Å²) in [6.07, 6.45) is 1.15. The van der Waals surface area contributed by atoms with E-state index in [1.165, 1.54) is 21.3 Å². The Labute approximate surface area is 205 Å². The first kappa shape index (κ1) is 25.5. The largest absolute Gasteiger partial charge is 0.481 e. The van der Waals surface area contributed by atoms with Crippen LogP contribution in [0.2, 0.25) is 0 Å². The van der Waals surface area contributed by atoms with Gasteiger partial charge >= 0.3 is 0 Å². The second-order valence-corrected chi connectivity index (χ2v) is 7.81. The monoisotopic (exact) mass is 478 g/mol. The first-order valence-electron chi connectivity index (χ1n) is 11.2. The van der Waals surface area contributed by atoms with Crippen molar-refractivity contribution in [3.05, 3.63) is 77.5 Å². The van der Waals surface area contributed by atoms with Gasteiger partial charge in [0.25, 0.3) is 11.8 Å². The van der Waals surface area contributed by atoms with Crippen LogP contribution in [0.15, 0.2) is 60.7 Å². The maximum atomic E-state index is 13.4. The first-order chi connectivity index (χ1) is 16.9. The lowest BCUT2D eigenvalue weighted by atomic mass is 10.0. The fourth-order valence-corrected chi connectivity index (χ4v) is 3.60. The van der Waals surface area contributed by atoms with Gasteiger partial charge in [-0.1, -0.05) is 36.4 Å². The lowest BCUT2D eigenvalue weighted by Crippen LogP contribution is -2.41. The van der Waals surface area contributed by atoms with Crippen LogP contribution in [0, 0.1) is 0 Å². The highest BCUT2D eigenvalue weighted by Gasteiger charge is 2.23. The summed E-state index contributed by atoms with van der Waals surface area (Å²) < 4.78 is 15.5. The summed E-state index contributed by atoms with van der Waals surface area (Å²) in [7, 11) is 6.22. The van der Waals surface area contributed by atoms with Crippen molar-refractivity contribution >= 4 is 11.8 Å². The Morgan fingerprint density at radius 1 is 0.886 bits per heavy atom. The lowest BCUT2D eigenvalue weighted by molar-refractivity contribution is 0.0721. The predicted octanol–water partition coefficient (Wildman–Crippen LogP) is 3.01. The lowest BCUT2D eigenvalue weighted by Gasteiger charge is -2.29. The standard InChI is InChI=1S/C26H30N4O5/c1-30(26(32)19-16-23(34-3)29-24(17-19)35-4)20(15-18-9-6-5-7-10-18)13-14-27-25(31)21-11-8-12-22(28-21)33-2/h5-12,16-17,20H,13-15H2,1-4H3,(H,27,31). The zero-order chi connectivity index (χ0) is 25.2. The van der Waals surface area contributed by atoms with Gasteiger partial charge in [-0.15, -0.1) is 0 Å². The Morgan fingerprint density at radius 2 is 1.54 bits per heavy atom. The van der Waals surface area contributed by atoms with E-state index in [2.05, 4.69) is 15.3 Å². The maximum Gasteiger partial charge on any atom is 0.270 e. The summed E-state index contributed by atoms with van der Waals surface area (Å²) >= 11 is 0. The van der Waals surface area contributed by atoms with Crippen molar-refractivity contribution in [3.8, 4) is 17.6 Å². The summed E-state index contributed by atoms with van der Waals surface area (Å²) in [5.41, 5.74) is 1.76. The van der Waals surface area contributed by atoms with Gasteiger partial charge < -0.3 is 24.4 Å². The van der Waals surface area contributed by atoms with E-state index in [-0.39, 0.29) is 23.6 Å². The molecule has 1 unspecified atom stereocenters. The smallest absolute Gasteiger partial charge is 0.270 e. The normalized spacial score (nSPS) is 11.3. The zero-order valence-electron chi connectivity index (χ0n) is 20.4. The van der Waals surface area contributed by atoms with Crippen LogP contribution in [0.4, 0.5) is 0 Å². The second kappa shape index (κ2) is 12.4. The molecular weight excluding hydrogens is 448 g/mol. The topological polar surface area (TPSA) is 103 Å². The van der Waals surface area contributed by atoms with E-state index in [0.717, 1.165) is 5.56 Å². The number of nitrogens with one attached hydrogen (secondary N) is 1. The van der Waals surface area contributed by atoms with E-state index in [1.807, 2.05) is 30.3 Å². The van der Waals surface area contributed by atoms with Crippen LogP contribution in [-0.4, -0.2) is 67.6 Å². The number of benzene rings is 1. The van der Waals surface area contributed by atoms with Crippen LogP contribution < -0.4 is 19.5 Å². The van der Waals surface area contributed by atoms with E-state index < -0.39 is 0 Å². The molecule has 0 bridgehead atoms. The molecule has 9 heteroatoms. The summed E-state index contributed by atoms with van der Waals surface area (Å²) in [6, 6.07) is 17.9. The van der Waals surface area contributed by atoms with Crippen LogP contribution in [0.25, 0.3) is 0 Å². The van der Waals surface area contributed by atoms with Gasteiger partial charge in [-0.05, 0) is 24.5 Å². The number of hydrogen-bond donors (Lipinski definition) is 1. The first-order valence-corrected chi connectivity index (χ1v) is 11.2. The second-order valence-electron chi connectivity index (χ2n) is 7.81. The molecule has 0 fully saturated rings. The number of ether oxygens (including phenoxy) is 3. The molecular formula is C26H30N4O5. The van der Waals surface area contributed by atoms with Gasteiger partial charge in [0.2, 0.25) is 17.6 Å². The van der Waals surface area contributed by atoms with Gasteiger partial charge in [0.05, 0.1) is 26.9 Å². The highest BCUT2D eigenvalue weighted by atomic mass is 16.5. The van der Waals surface area contributed by atoms with Crippen molar-refractivity contribution in [1.29, 1.82) is 0 Å². The Balaban J connectivity index is 1.75. The molecule has 1 N–H and O–H groups in total. The molecule has 1 atom stereocenters. The fraction of sp³-hybridized carbons (Fsp3) is 0.308. The number of likely N-dealkylation sites (N-methyl/N-ethyl adjacent to an activating group) is 1. The van der Waals surface area contributed by atoms with Crippen molar-refractivity contribution in [2.75, 3.05) is 34.9 Å². The molecule has 0 aliphatic carbocycles. The SMILES string of the molecule is COc1cc(C(=O)N(C)C(CCNC(=O)c2cccc(OC)n2)Cc2ccccc2)cc(OC)n1. The number of carbonyl (C=O) groups is 2. The minimum absolute atomic E-state index is 0.186. The Bertz CT molecular complexity index is 1120. The average molecular weight is 479 g/mol. The third-order valence-electron chi connectivity index (χ3n) is 5.55. The van der Waals surface area contributed by atoms with Gasteiger partial charge in [0, 0.05) is 37.8 Å². The van der Waals surface area contributed by atoms with Gasteiger partial charge in [-0.2, -0.15) is 4.98 Å². The summed E-state index contributed by atoms with van der Waals surface area (Å²) in [5, 5.41) is 2.89. The minimum atomic E-state index is -0.306. The van der Waals surface area contributed by atoms with Crippen LogP contribution in [0.3, 0.4) is 0 Å². The Morgan fingerprint density at radius 3 is 2.17 bits per heavy atom. The number of carbonyl (C=O) groups excluding carboxylic acids is 2. The summed E-state index contributed by atoms with van der Waals surface area (Å²) in [6.45, 7) is 0.357. The molecule has 3 rings (SSSR count). The van der Waals surface area contributed by atoms with Crippen LogP contribution in [0.1, 0.15) is 32.8 Å². The van der Waals surface area contributed by atoms with E-state index in [1.54, 1.807) is 42.3 Å². The predicted molar refractivity (Wildman–Crippen MR) is 131 cm³/mol. The zero-order valence-corrected chi connectivity index (χ0v) is 20.4. The van der Waals surface area contributed by atoms with Crippen molar-refractivity contribution in [3.63, 3.8) is 0 Å². The van der Waals surface area contributed by atoms with E-state index >= 15 is 0 Å². The van der Waals surface area contributed by atoms with Crippen molar-refractivity contribution in [2.24, 2.45) is 0 Å². The third kappa shape index (κ3) is 6.92. The fourth-order valence-electron chi connectivity index (χ4n) is 3.60. The summed E-state index contributed by atoms with van der Waals surface area (Å²) in [4.78, 5) is 36.0. The quantitative estimate of drug-likeness (QED) is 0.452. The molecule has 0 saturated carbocycles. The van der Waals surface area contributed by atoms with Crippen molar-refractivity contribution < 1.29 is 23.8 Å². The molecule has 0 radical (unpaired) electrons. The van der Waals surface area contributed by atoms with Gasteiger partial charge in [-0.3, -0.25) is 9.59 Å². The minimum Gasteiger partial charge on any atom is -0.481 e. The molecule has 35 heavy (non-hydrogen) atoms. The number of rotatable bonds is 11. The van der Waals surface area contributed by atoms with Crippen molar-refractivity contribution in [1.82, 2.24) is 20.2 Å². The van der Waals surface area contributed by atoms with Crippen molar-refractivity contribution in [2.45, 2.75) is 18.9 Å². The Kier molecular flexibility index (Phi) is 9.00. The number of aromatic nitrogens is 2. The number of hydrogen-bond acceptors (Lipinski definition) is 7.